The van der Waals surface area contributed by atoms with Gasteiger partial charge < -0.3 is 14.4 Å². The number of carbonyl (C=O) groups excluding carboxylic acids is 1. The molecule has 6 heteroatoms. The van der Waals surface area contributed by atoms with Crippen LogP contribution in [0, 0.1) is 6.92 Å². The molecule has 1 saturated heterocycles. The minimum atomic E-state index is -0.0665. The number of ether oxygens (including phenoxy) is 2. The van der Waals surface area contributed by atoms with Gasteiger partial charge >= 0.3 is 0 Å². The molecule has 0 bridgehead atoms. The Balaban J connectivity index is 1.50. The largest absolute Gasteiger partial charge is 0.486 e. The third kappa shape index (κ3) is 2.80. The summed E-state index contributed by atoms with van der Waals surface area (Å²) in [5, 5.41) is 1.98. The second-order valence-corrected chi connectivity index (χ2v) is 7.17. The molecule has 1 amide bonds. The van der Waals surface area contributed by atoms with Gasteiger partial charge in [-0.3, -0.25) is 9.78 Å². The standard InChI is InChI=1S/C18H20N2O3S/c1-12-6-10-24-17(12)18(21)20-8-9-22-16-14(20)4-5-15(16)23-13-3-2-7-19-11-13/h2-3,6-7,10-11,14-16H,4-5,8-9H2,1H3/t14-,15+,16+/m0/s1. The Morgan fingerprint density at radius 1 is 1.42 bits per heavy atom. The van der Waals surface area contributed by atoms with Crippen molar-refractivity contribution < 1.29 is 14.3 Å². The Morgan fingerprint density at radius 2 is 2.33 bits per heavy atom. The van der Waals surface area contributed by atoms with E-state index in [1.54, 1.807) is 12.4 Å². The summed E-state index contributed by atoms with van der Waals surface area (Å²) in [4.78, 5) is 19.8. The highest BCUT2D eigenvalue weighted by Crippen LogP contribution is 2.34. The third-order valence-corrected chi connectivity index (χ3v) is 5.78. The molecule has 3 atom stereocenters. The van der Waals surface area contributed by atoms with Crippen molar-refractivity contribution in [3.63, 3.8) is 0 Å². The lowest BCUT2D eigenvalue weighted by Crippen LogP contribution is -2.54. The molecule has 1 aliphatic carbocycles. The van der Waals surface area contributed by atoms with Crippen LogP contribution >= 0.6 is 11.3 Å². The minimum absolute atomic E-state index is 0.0285. The normalized spacial score (nSPS) is 26.2. The molecular formula is C18H20N2O3S. The van der Waals surface area contributed by atoms with Crippen LogP contribution in [0.5, 0.6) is 5.75 Å². The number of fused-ring (bicyclic) bond motifs is 1. The van der Waals surface area contributed by atoms with Gasteiger partial charge in [-0.15, -0.1) is 11.3 Å². The van der Waals surface area contributed by atoms with Crippen molar-refractivity contribution in [1.29, 1.82) is 0 Å². The van der Waals surface area contributed by atoms with Gasteiger partial charge in [0.25, 0.3) is 5.91 Å². The minimum Gasteiger partial charge on any atom is -0.486 e. The highest BCUT2D eigenvalue weighted by atomic mass is 32.1. The number of aryl methyl sites for hydroxylation is 1. The predicted molar refractivity (Wildman–Crippen MR) is 91.5 cm³/mol. The van der Waals surface area contributed by atoms with E-state index in [9.17, 15) is 4.79 Å². The first-order valence-electron chi connectivity index (χ1n) is 8.27. The van der Waals surface area contributed by atoms with E-state index in [-0.39, 0.29) is 24.2 Å². The van der Waals surface area contributed by atoms with Crippen LogP contribution in [0.1, 0.15) is 28.1 Å². The maximum absolute atomic E-state index is 12.9. The maximum Gasteiger partial charge on any atom is 0.264 e. The molecule has 24 heavy (non-hydrogen) atoms. The monoisotopic (exact) mass is 344 g/mol. The fourth-order valence-corrected chi connectivity index (χ4v) is 4.49. The Morgan fingerprint density at radius 3 is 3.08 bits per heavy atom. The number of pyridine rings is 1. The van der Waals surface area contributed by atoms with Crippen LogP contribution in [0.15, 0.2) is 36.0 Å². The summed E-state index contributed by atoms with van der Waals surface area (Å²) in [6.45, 7) is 3.20. The number of carbonyl (C=O) groups is 1. The first-order valence-corrected chi connectivity index (χ1v) is 9.15. The maximum atomic E-state index is 12.9. The Labute approximate surface area is 145 Å². The van der Waals surface area contributed by atoms with Crippen LogP contribution in [0.2, 0.25) is 0 Å². The summed E-state index contributed by atoms with van der Waals surface area (Å²) in [7, 11) is 0. The third-order valence-electron chi connectivity index (χ3n) is 4.77. The fraction of sp³-hybridized carbons (Fsp3) is 0.444. The lowest BCUT2D eigenvalue weighted by Gasteiger charge is -2.38. The van der Waals surface area contributed by atoms with Crippen LogP contribution in [0.25, 0.3) is 0 Å². The second kappa shape index (κ2) is 6.53. The molecule has 3 heterocycles. The molecule has 0 unspecified atom stereocenters. The van der Waals surface area contributed by atoms with E-state index in [2.05, 4.69) is 4.98 Å². The first-order chi connectivity index (χ1) is 11.7. The summed E-state index contributed by atoms with van der Waals surface area (Å²) in [6, 6.07) is 5.85. The van der Waals surface area contributed by atoms with Gasteiger partial charge in [0, 0.05) is 12.7 Å². The summed E-state index contributed by atoms with van der Waals surface area (Å²) in [5.74, 6) is 0.882. The van der Waals surface area contributed by atoms with E-state index >= 15 is 0 Å². The van der Waals surface area contributed by atoms with Gasteiger partial charge in [0.15, 0.2) is 0 Å². The van der Waals surface area contributed by atoms with E-state index in [0.717, 1.165) is 29.0 Å². The van der Waals surface area contributed by atoms with Gasteiger partial charge in [-0.1, -0.05) is 0 Å². The molecule has 0 radical (unpaired) electrons. The molecule has 1 aliphatic heterocycles. The highest BCUT2D eigenvalue weighted by molar-refractivity contribution is 7.12. The molecule has 4 rings (SSSR count). The van der Waals surface area contributed by atoms with Crippen LogP contribution < -0.4 is 4.74 Å². The Kier molecular flexibility index (Phi) is 4.24. The van der Waals surface area contributed by atoms with Crippen molar-refractivity contribution in [3.05, 3.63) is 46.4 Å². The molecule has 2 aromatic rings. The topological polar surface area (TPSA) is 51.7 Å². The van der Waals surface area contributed by atoms with Gasteiger partial charge in [0.2, 0.25) is 0 Å². The van der Waals surface area contributed by atoms with Crippen LogP contribution in [0.3, 0.4) is 0 Å². The smallest absolute Gasteiger partial charge is 0.264 e. The van der Waals surface area contributed by atoms with E-state index in [4.69, 9.17) is 9.47 Å². The molecular weight excluding hydrogens is 324 g/mol. The zero-order chi connectivity index (χ0) is 16.5. The zero-order valence-corrected chi connectivity index (χ0v) is 14.4. The van der Waals surface area contributed by atoms with E-state index < -0.39 is 0 Å². The molecule has 126 valence electrons. The van der Waals surface area contributed by atoms with Crippen LogP contribution in [-0.2, 0) is 4.74 Å². The summed E-state index contributed by atoms with van der Waals surface area (Å²) >= 11 is 1.52. The molecule has 0 aromatic carbocycles. The molecule has 1 saturated carbocycles. The van der Waals surface area contributed by atoms with E-state index in [1.165, 1.54) is 11.3 Å². The number of amides is 1. The number of hydrogen-bond acceptors (Lipinski definition) is 5. The number of hydrogen-bond donors (Lipinski definition) is 0. The number of thiophene rings is 1. The Hall–Kier alpha value is -1.92. The van der Waals surface area contributed by atoms with Crippen molar-refractivity contribution in [2.45, 2.75) is 38.0 Å². The molecule has 2 fully saturated rings. The van der Waals surface area contributed by atoms with Crippen LogP contribution in [-0.4, -0.2) is 47.2 Å². The second-order valence-electron chi connectivity index (χ2n) is 6.26. The summed E-state index contributed by atoms with van der Waals surface area (Å²) in [6.07, 6.45) is 5.14. The van der Waals surface area contributed by atoms with E-state index in [1.807, 2.05) is 35.4 Å². The van der Waals surface area contributed by atoms with Crippen molar-refractivity contribution >= 4 is 17.2 Å². The molecule has 0 spiro atoms. The van der Waals surface area contributed by atoms with Gasteiger partial charge in [-0.25, -0.2) is 0 Å². The molecule has 5 nitrogen and oxygen atoms in total. The van der Waals surface area contributed by atoms with Gasteiger partial charge in [-0.05, 0) is 48.9 Å². The SMILES string of the molecule is Cc1ccsc1C(=O)N1CCO[C@H]2[C@H](Oc3cccnc3)CC[C@@H]21. The number of aromatic nitrogens is 1. The van der Waals surface area contributed by atoms with Gasteiger partial charge in [0.1, 0.15) is 18.0 Å². The van der Waals surface area contributed by atoms with Crippen molar-refractivity contribution in [2.75, 3.05) is 13.2 Å². The van der Waals surface area contributed by atoms with Crippen molar-refractivity contribution in [3.8, 4) is 5.75 Å². The highest BCUT2D eigenvalue weighted by Gasteiger charge is 2.46. The van der Waals surface area contributed by atoms with Crippen molar-refractivity contribution in [2.24, 2.45) is 0 Å². The Bertz CT molecular complexity index is 718. The van der Waals surface area contributed by atoms with Gasteiger partial charge in [-0.2, -0.15) is 0 Å². The number of nitrogens with zero attached hydrogens (tertiary/aromatic N) is 2. The van der Waals surface area contributed by atoms with Crippen molar-refractivity contribution in [1.82, 2.24) is 9.88 Å². The van der Waals surface area contributed by atoms with E-state index in [0.29, 0.717) is 13.2 Å². The molecule has 0 N–H and O–H groups in total. The summed E-state index contributed by atoms with van der Waals surface area (Å²) in [5.41, 5.74) is 1.05. The molecule has 2 aliphatic rings. The molecule has 2 aromatic heterocycles. The fourth-order valence-electron chi connectivity index (χ4n) is 3.61. The van der Waals surface area contributed by atoms with Crippen LogP contribution in [0.4, 0.5) is 0 Å². The quantitative estimate of drug-likeness (QED) is 0.859. The lowest BCUT2D eigenvalue weighted by atomic mass is 10.1. The average Bonchev–Trinajstić information content (AvgIpc) is 3.22. The lowest BCUT2D eigenvalue weighted by molar-refractivity contribution is -0.0785. The van der Waals surface area contributed by atoms with Gasteiger partial charge in [0.05, 0.1) is 23.7 Å². The predicted octanol–water partition coefficient (Wildman–Crippen LogP) is 2.90. The number of morpholine rings is 1. The average molecular weight is 344 g/mol. The zero-order valence-electron chi connectivity index (χ0n) is 13.6. The first kappa shape index (κ1) is 15.6. The number of rotatable bonds is 3. The summed E-state index contributed by atoms with van der Waals surface area (Å²) < 4.78 is 12.0.